The lowest BCUT2D eigenvalue weighted by Crippen LogP contribution is -2.68. The number of carboxylic acid groups (broad SMARTS) is 1. The standard InChI is InChI=1S/C44H68N2O8/c1-13-53-37(52)46-40(8,9)36(51)45-44-21-20-42(11)25(33(44)32(24(2)3)28(47)23-44)14-15-30-41(10)18-17-31(39(6,7)29(41)16-19-43(30,42)12)54-35(50)27-22-26(34(48)49)38(27,4)5/h24-27,29-31H,13-23H2,1-12H3,(H,45,51)(H,46,52)(H,48,49)/t25-,26+,27-,29+,30-,31+,41+,42-,43-,44-/m1/s1. The SMILES string of the molecule is CCOC(=O)NC(C)(C)C(=O)N[C@@]12CC[C@]3(C)[C@H](CC[C@@H]4[C@@]5(C)CC[C@H](OC(=O)[C@H]6C[C@@H](C(=O)O)C6(C)C)C(C)(C)[C@@H]5CC[C@]43C)C1=C(C(C)C)C(=O)C2. The van der Waals surface area contributed by atoms with Crippen LogP contribution in [0.25, 0.3) is 0 Å². The van der Waals surface area contributed by atoms with E-state index in [2.05, 4.69) is 59.1 Å². The van der Waals surface area contributed by atoms with Gasteiger partial charge in [0.15, 0.2) is 5.78 Å². The van der Waals surface area contributed by atoms with Gasteiger partial charge in [-0.25, -0.2) is 4.79 Å². The largest absolute Gasteiger partial charge is 0.481 e. The van der Waals surface area contributed by atoms with Crippen molar-refractivity contribution >= 4 is 29.7 Å². The number of carbonyl (C=O) groups is 5. The topological polar surface area (TPSA) is 148 Å². The van der Waals surface area contributed by atoms with Crippen LogP contribution in [-0.4, -0.2) is 58.6 Å². The van der Waals surface area contributed by atoms with Crippen molar-refractivity contribution in [3.8, 4) is 0 Å². The Morgan fingerprint density at radius 3 is 2.11 bits per heavy atom. The number of fused-ring (bicyclic) bond motifs is 7. The van der Waals surface area contributed by atoms with Crippen molar-refractivity contribution in [2.75, 3.05) is 6.61 Å². The van der Waals surface area contributed by atoms with E-state index in [1.807, 2.05) is 13.8 Å². The summed E-state index contributed by atoms with van der Waals surface area (Å²) in [6, 6.07) is 0. The van der Waals surface area contributed by atoms with Crippen molar-refractivity contribution in [1.29, 1.82) is 0 Å². The van der Waals surface area contributed by atoms with E-state index < -0.39 is 40.4 Å². The minimum atomic E-state index is -1.23. The second kappa shape index (κ2) is 13.1. The number of Topliss-reactive ketones (excluding diaryl/α,β-unsaturated/α-hetero) is 1. The summed E-state index contributed by atoms with van der Waals surface area (Å²) in [5.74, 6) is -1.24. The van der Waals surface area contributed by atoms with E-state index in [9.17, 15) is 29.1 Å². The molecule has 0 unspecified atom stereocenters. The Bertz CT molecular complexity index is 1640. The molecule has 0 aromatic rings. The highest BCUT2D eigenvalue weighted by Gasteiger charge is 2.70. The van der Waals surface area contributed by atoms with Crippen LogP contribution in [0.15, 0.2) is 11.1 Å². The number of hydrogen-bond donors (Lipinski definition) is 3. The summed E-state index contributed by atoms with van der Waals surface area (Å²) in [4.78, 5) is 65.8. The maximum absolute atomic E-state index is 14.0. The molecule has 2 amide bonds. The first-order valence-electron chi connectivity index (χ1n) is 20.8. The van der Waals surface area contributed by atoms with Crippen LogP contribution in [0.3, 0.4) is 0 Å². The number of carbonyl (C=O) groups excluding carboxylic acids is 4. The van der Waals surface area contributed by atoms with Crippen molar-refractivity contribution in [2.45, 2.75) is 164 Å². The second-order valence-corrected chi connectivity index (χ2v) is 21.0. The molecule has 5 saturated carbocycles. The molecule has 0 aliphatic heterocycles. The monoisotopic (exact) mass is 752 g/mol. The molecular weight excluding hydrogens is 684 g/mol. The summed E-state index contributed by atoms with van der Waals surface area (Å²) in [7, 11) is 0. The normalized spacial score (nSPS) is 40.6. The molecule has 0 heterocycles. The van der Waals surface area contributed by atoms with E-state index in [4.69, 9.17) is 9.47 Å². The number of alkyl carbamates (subject to hydrolysis) is 1. The van der Waals surface area contributed by atoms with Crippen LogP contribution in [-0.2, 0) is 28.7 Å². The Morgan fingerprint density at radius 1 is 0.852 bits per heavy atom. The van der Waals surface area contributed by atoms with Gasteiger partial charge in [-0.05, 0) is 135 Å². The lowest BCUT2D eigenvalue weighted by Gasteiger charge is -2.72. The van der Waals surface area contributed by atoms with Gasteiger partial charge >= 0.3 is 18.0 Å². The van der Waals surface area contributed by atoms with Gasteiger partial charge < -0.3 is 25.2 Å². The first kappa shape index (κ1) is 40.7. The molecule has 0 aromatic carbocycles. The number of aliphatic carboxylic acids is 1. The highest BCUT2D eigenvalue weighted by molar-refractivity contribution is 6.03. The Morgan fingerprint density at radius 2 is 1.52 bits per heavy atom. The highest BCUT2D eigenvalue weighted by Crippen LogP contribution is 2.76. The summed E-state index contributed by atoms with van der Waals surface area (Å²) in [5, 5.41) is 15.8. The molecule has 54 heavy (non-hydrogen) atoms. The highest BCUT2D eigenvalue weighted by atomic mass is 16.6. The van der Waals surface area contributed by atoms with Crippen LogP contribution in [0.4, 0.5) is 4.79 Å². The molecule has 10 heteroatoms. The Labute approximate surface area is 323 Å². The first-order valence-corrected chi connectivity index (χ1v) is 20.8. The smallest absolute Gasteiger partial charge is 0.407 e. The van der Waals surface area contributed by atoms with Gasteiger partial charge in [0, 0.05) is 11.8 Å². The zero-order valence-electron chi connectivity index (χ0n) is 35.1. The van der Waals surface area contributed by atoms with Crippen molar-refractivity contribution in [2.24, 2.45) is 62.6 Å². The molecule has 6 aliphatic rings. The van der Waals surface area contributed by atoms with E-state index in [1.165, 1.54) is 0 Å². The molecule has 0 radical (unpaired) electrons. The third-order valence-corrected chi connectivity index (χ3v) is 17.1. The van der Waals surface area contributed by atoms with E-state index in [-0.39, 0.29) is 70.3 Å². The van der Waals surface area contributed by atoms with Gasteiger partial charge in [-0.1, -0.05) is 62.3 Å². The molecular formula is C44H68N2O8. The Balaban J connectivity index is 1.27. The van der Waals surface area contributed by atoms with Gasteiger partial charge in [0.05, 0.1) is 24.0 Å². The number of allylic oxidation sites excluding steroid dienone is 1. The summed E-state index contributed by atoms with van der Waals surface area (Å²) in [6.45, 7) is 25.3. The molecule has 10 nitrogen and oxygen atoms in total. The van der Waals surface area contributed by atoms with Gasteiger partial charge in [0.2, 0.25) is 5.91 Å². The molecule has 302 valence electrons. The molecule has 6 aliphatic carbocycles. The zero-order chi connectivity index (χ0) is 40.2. The van der Waals surface area contributed by atoms with Crippen LogP contribution in [0, 0.1) is 62.6 Å². The average molecular weight is 753 g/mol. The van der Waals surface area contributed by atoms with E-state index >= 15 is 0 Å². The number of esters is 1. The number of ether oxygens (including phenoxy) is 2. The van der Waals surface area contributed by atoms with Crippen LogP contribution in [0.1, 0.15) is 147 Å². The zero-order valence-corrected chi connectivity index (χ0v) is 35.1. The Hall–Kier alpha value is -2.91. The first-order chi connectivity index (χ1) is 24.8. The molecule has 0 aromatic heterocycles. The molecule has 0 spiro atoms. The molecule has 0 bridgehead atoms. The number of carboxylic acids is 1. The quantitative estimate of drug-likeness (QED) is 0.211. The van der Waals surface area contributed by atoms with Crippen LogP contribution in [0.5, 0.6) is 0 Å². The second-order valence-electron chi connectivity index (χ2n) is 21.0. The number of ketones is 1. The molecule has 10 atom stereocenters. The van der Waals surface area contributed by atoms with Crippen molar-refractivity contribution in [3.63, 3.8) is 0 Å². The average Bonchev–Trinajstić information content (AvgIpc) is 3.33. The van der Waals surface area contributed by atoms with E-state index in [1.54, 1.807) is 20.8 Å². The lowest BCUT2D eigenvalue weighted by molar-refractivity contribution is -0.235. The van der Waals surface area contributed by atoms with E-state index in [0.717, 1.165) is 56.1 Å². The van der Waals surface area contributed by atoms with Gasteiger partial charge in [0.25, 0.3) is 0 Å². The van der Waals surface area contributed by atoms with Gasteiger partial charge in [-0.2, -0.15) is 0 Å². The van der Waals surface area contributed by atoms with E-state index in [0.29, 0.717) is 24.7 Å². The predicted octanol–water partition coefficient (Wildman–Crippen LogP) is 8.02. The van der Waals surface area contributed by atoms with Crippen molar-refractivity contribution in [3.05, 3.63) is 11.1 Å². The fourth-order valence-electron chi connectivity index (χ4n) is 13.8. The van der Waals surface area contributed by atoms with Gasteiger partial charge in [-0.3, -0.25) is 19.2 Å². The minimum absolute atomic E-state index is 0.00973. The molecule has 0 saturated heterocycles. The maximum Gasteiger partial charge on any atom is 0.407 e. The summed E-state index contributed by atoms with van der Waals surface area (Å²) < 4.78 is 11.5. The van der Waals surface area contributed by atoms with Gasteiger partial charge in [0.1, 0.15) is 11.6 Å². The van der Waals surface area contributed by atoms with Crippen LogP contribution in [0.2, 0.25) is 0 Å². The number of rotatable bonds is 8. The fraction of sp³-hybridized carbons (Fsp3) is 0.841. The predicted molar refractivity (Wildman–Crippen MR) is 205 cm³/mol. The maximum atomic E-state index is 14.0. The van der Waals surface area contributed by atoms with Crippen LogP contribution >= 0.6 is 0 Å². The number of nitrogens with one attached hydrogen (secondary N) is 2. The number of hydrogen-bond acceptors (Lipinski definition) is 7. The third kappa shape index (κ3) is 5.78. The fourth-order valence-corrected chi connectivity index (χ4v) is 13.8. The molecule has 6 rings (SSSR count). The van der Waals surface area contributed by atoms with Crippen LogP contribution < -0.4 is 10.6 Å². The lowest BCUT2D eigenvalue weighted by atomic mass is 9.33. The minimum Gasteiger partial charge on any atom is -0.481 e. The van der Waals surface area contributed by atoms with Crippen molar-refractivity contribution < 1.29 is 38.6 Å². The molecule has 5 fully saturated rings. The third-order valence-electron chi connectivity index (χ3n) is 17.1. The summed E-state index contributed by atoms with van der Waals surface area (Å²) >= 11 is 0. The Kier molecular flexibility index (Phi) is 9.86. The summed E-state index contributed by atoms with van der Waals surface area (Å²) in [5.41, 5.74) is -0.928. The molecule has 3 N–H and O–H groups in total. The van der Waals surface area contributed by atoms with Crippen molar-refractivity contribution in [1.82, 2.24) is 10.6 Å². The summed E-state index contributed by atoms with van der Waals surface area (Å²) in [6.07, 6.45) is 7.08. The number of amides is 2. The van der Waals surface area contributed by atoms with Gasteiger partial charge in [-0.15, -0.1) is 0 Å².